The zero-order chi connectivity index (χ0) is 17.2. The first kappa shape index (κ1) is 16.3. The summed E-state index contributed by atoms with van der Waals surface area (Å²) >= 11 is 0. The first-order valence-corrected chi connectivity index (χ1v) is 9.05. The summed E-state index contributed by atoms with van der Waals surface area (Å²) in [4.78, 5) is 19.1. The van der Waals surface area contributed by atoms with Crippen LogP contribution in [0.3, 0.4) is 0 Å². The fraction of sp³-hybridized carbons (Fsp3) is 0.647. The van der Waals surface area contributed by atoms with Gasteiger partial charge in [-0.1, -0.05) is 0 Å². The maximum atomic E-state index is 13.0. The lowest BCUT2D eigenvalue weighted by atomic mass is 10.0. The van der Waals surface area contributed by atoms with Crippen molar-refractivity contribution in [2.24, 2.45) is 0 Å². The van der Waals surface area contributed by atoms with Crippen molar-refractivity contribution in [1.29, 1.82) is 0 Å². The molecule has 0 aromatic carbocycles. The van der Waals surface area contributed by atoms with E-state index < -0.39 is 0 Å². The molecule has 134 valence electrons. The Bertz CT molecular complexity index is 734. The molecule has 0 spiro atoms. The molecule has 25 heavy (non-hydrogen) atoms. The predicted molar refractivity (Wildman–Crippen MR) is 87.8 cm³/mol. The van der Waals surface area contributed by atoms with Gasteiger partial charge in [-0.2, -0.15) is 0 Å². The standard InChI is InChI=1S/C17H23N5O3/c1-2-21-10-8-18-14(21)17(23)22-9-4-3-6-12(22)15-19-20-16(25-15)13-7-5-11-24-13/h8,10,12-13H,2-7,9,11H2,1H3/t12-,13+/m0/s1. The lowest BCUT2D eigenvalue weighted by Gasteiger charge is -2.33. The number of aromatic nitrogens is 4. The highest BCUT2D eigenvalue weighted by molar-refractivity contribution is 5.91. The molecule has 2 fully saturated rings. The molecular weight excluding hydrogens is 322 g/mol. The van der Waals surface area contributed by atoms with Gasteiger partial charge in [0.05, 0.1) is 0 Å². The Balaban J connectivity index is 1.58. The molecule has 4 heterocycles. The molecule has 0 unspecified atom stereocenters. The molecule has 0 radical (unpaired) electrons. The number of imidazole rings is 1. The molecule has 8 heteroatoms. The number of hydrogen-bond acceptors (Lipinski definition) is 6. The van der Waals surface area contributed by atoms with Crippen LogP contribution in [0.2, 0.25) is 0 Å². The van der Waals surface area contributed by atoms with Crippen molar-refractivity contribution in [3.8, 4) is 0 Å². The van der Waals surface area contributed by atoms with E-state index in [1.54, 1.807) is 6.20 Å². The van der Waals surface area contributed by atoms with Gasteiger partial charge in [-0.05, 0) is 39.0 Å². The highest BCUT2D eigenvalue weighted by atomic mass is 16.5. The first-order chi connectivity index (χ1) is 12.3. The van der Waals surface area contributed by atoms with Gasteiger partial charge in [0.2, 0.25) is 11.8 Å². The minimum Gasteiger partial charge on any atom is -0.420 e. The van der Waals surface area contributed by atoms with E-state index >= 15 is 0 Å². The first-order valence-electron chi connectivity index (χ1n) is 9.05. The van der Waals surface area contributed by atoms with Crippen LogP contribution >= 0.6 is 0 Å². The van der Waals surface area contributed by atoms with Gasteiger partial charge in [-0.25, -0.2) is 4.98 Å². The van der Waals surface area contributed by atoms with Crippen LogP contribution in [-0.4, -0.2) is 43.7 Å². The maximum Gasteiger partial charge on any atom is 0.290 e. The summed E-state index contributed by atoms with van der Waals surface area (Å²) < 4.78 is 13.4. The Hall–Kier alpha value is -2.22. The van der Waals surface area contributed by atoms with Gasteiger partial charge in [0, 0.05) is 32.1 Å². The second-order valence-electron chi connectivity index (χ2n) is 6.53. The number of hydrogen-bond donors (Lipinski definition) is 0. The second kappa shape index (κ2) is 6.95. The van der Waals surface area contributed by atoms with Crippen molar-refractivity contribution in [3.63, 3.8) is 0 Å². The quantitative estimate of drug-likeness (QED) is 0.846. The van der Waals surface area contributed by atoms with Crippen LogP contribution in [0.25, 0.3) is 0 Å². The number of carbonyl (C=O) groups excluding carboxylic acids is 1. The minimum atomic E-state index is -0.189. The van der Waals surface area contributed by atoms with Crippen LogP contribution in [-0.2, 0) is 11.3 Å². The summed E-state index contributed by atoms with van der Waals surface area (Å²) in [5, 5.41) is 8.39. The molecule has 2 aromatic rings. The molecule has 0 bridgehead atoms. The smallest absolute Gasteiger partial charge is 0.290 e. The molecule has 0 N–H and O–H groups in total. The van der Waals surface area contributed by atoms with E-state index in [9.17, 15) is 4.79 Å². The van der Waals surface area contributed by atoms with Crippen LogP contribution in [0.1, 0.15) is 73.6 Å². The van der Waals surface area contributed by atoms with Crippen LogP contribution in [0.4, 0.5) is 0 Å². The number of amides is 1. The van der Waals surface area contributed by atoms with Crippen molar-refractivity contribution in [2.75, 3.05) is 13.2 Å². The van der Waals surface area contributed by atoms with E-state index in [1.165, 1.54) is 0 Å². The van der Waals surface area contributed by atoms with E-state index in [4.69, 9.17) is 9.15 Å². The van der Waals surface area contributed by atoms with Gasteiger partial charge in [-0.3, -0.25) is 4.79 Å². The lowest BCUT2D eigenvalue weighted by molar-refractivity contribution is 0.0533. The third kappa shape index (κ3) is 3.06. The molecule has 4 rings (SSSR count). The molecule has 1 amide bonds. The molecule has 0 aliphatic carbocycles. The van der Waals surface area contributed by atoms with E-state index in [1.807, 2.05) is 22.6 Å². The Morgan fingerprint density at radius 2 is 2.12 bits per heavy atom. The normalized spacial score (nSPS) is 24.0. The highest BCUT2D eigenvalue weighted by Gasteiger charge is 2.35. The third-order valence-electron chi connectivity index (χ3n) is 4.96. The molecular formula is C17H23N5O3. The van der Waals surface area contributed by atoms with Crippen molar-refractivity contribution in [1.82, 2.24) is 24.6 Å². The number of aryl methyl sites for hydroxylation is 1. The van der Waals surface area contributed by atoms with E-state index in [0.717, 1.165) is 38.7 Å². The van der Waals surface area contributed by atoms with Crippen molar-refractivity contribution < 1.29 is 13.9 Å². The molecule has 2 aliphatic rings. The van der Waals surface area contributed by atoms with E-state index in [-0.39, 0.29) is 18.1 Å². The molecule has 2 aromatic heterocycles. The van der Waals surface area contributed by atoms with E-state index in [0.29, 0.717) is 30.7 Å². The van der Waals surface area contributed by atoms with Gasteiger partial charge < -0.3 is 18.6 Å². The number of nitrogens with zero attached hydrogens (tertiary/aromatic N) is 5. The average molecular weight is 345 g/mol. The van der Waals surface area contributed by atoms with Crippen molar-refractivity contribution in [3.05, 3.63) is 30.0 Å². The maximum absolute atomic E-state index is 13.0. The van der Waals surface area contributed by atoms with Crippen LogP contribution < -0.4 is 0 Å². The molecule has 0 saturated carbocycles. The summed E-state index contributed by atoms with van der Waals surface area (Å²) in [5.41, 5.74) is 0. The predicted octanol–water partition coefficient (Wildman–Crippen LogP) is 2.50. The molecule has 8 nitrogen and oxygen atoms in total. The third-order valence-corrected chi connectivity index (χ3v) is 4.96. The van der Waals surface area contributed by atoms with Gasteiger partial charge in [0.1, 0.15) is 12.1 Å². The molecule has 2 aliphatic heterocycles. The summed E-state index contributed by atoms with van der Waals surface area (Å²) in [6.45, 7) is 4.12. The zero-order valence-electron chi connectivity index (χ0n) is 14.4. The SMILES string of the molecule is CCn1ccnc1C(=O)N1CCCC[C@H]1c1nnc([C@H]2CCCO2)o1. The van der Waals surface area contributed by atoms with Gasteiger partial charge in [-0.15, -0.1) is 10.2 Å². The monoisotopic (exact) mass is 345 g/mol. The Kier molecular flexibility index (Phi) is 4.52. The summed E-state index contributed by atoms with van der Waals surface area (Å²) in [7, 11) is 0. The average Bonchev–Trinajstić information content (AvgIpc) is 3.41. The van der Waals surface area contributed by atoms with Crippen LogP contribution in [0, 0.1) is 0 Å². The van der Waals surface area contributed by atoms with Crippen molar-refractivity contribution >= 4 is 5.91 Å². The summed E-state index contributed by atoms with van der Waals surface area (Å²) in [5.74, 6) is 1.43. The number of ether oxygens (including phenoxy) is 1. The lowest BCUT2D eigenvalue weighted by Crippen LogP contribution is -2.40. The fourth-order valence-electron chi connectivity index (χ4n) is 3.61. The number of likely N-dealkylation sites (tertiary alicyclic amines) is 1. The number of piperidine rings is 1. The molecule has 2 saturated heterocycles. The Morgan fingerprint density at radius 1 is 1.24 bits per heavy atom. The summed E-state index contributed by atoms with van der Waals surface area (Å²) in [6.07, 6.45) is 8.14. The van der Waals surface area contributed by atoms with Crippen molar-refractivity contribution in [2.45, 2.75) is 57.7 Å². The van der Waals surface area contributed by atoms with Gasteiger partial charge in [0.15, 0.2) is 5.82 Å². The number of carbonyl (C=O) groups is 1. The minimum absolute atomic E-state index is 0.0755. The van der Waals surface area contributed by atoms with Crippen LogP contribution in [0.15, 0.2) is 16.8 Å². The number of rotatable bonds is 4. The largest absolute Gasteiger partial charge is 0.420 e. The van der Waals surface area contributed by atoms with Gasteiger partial charge >= 0.3 is 0 Å². The van der Waals surface area contributed by atoms with Gasteiger partial charge in [0.25, 0.3) is 5.91 Å². The molecule has 2 atom stereocenters. The summed E-state index contributed by atoms with van der Waals surface area (Å²) in [6, 6.07) is -0.189. The Labute approximate surface area is 146 Å². The zero-order valence-corrected chi connectivity index (χ0v) is 14.4. The fourth-order valence-corrected chi connectivity index (χ4v) is 3.61. The second-order valence-corrected chi connectivity index (χ2v) is 6.53. The topological polar surface area (TPSA) is 86.3 Å². The van der Waals surface area contributed by atoms with E-state index in [2.05, 4.69) is 15.2 Å². The highest BCUT2D eigenvalue weighted by Crippen LogP contribution is 2.34. The van der Waals surface area contributed by atoms with Crippen LogP contribution in [0.5, 0.6) is 0 Å². The Morgan fingerprint density at radius 3 is 2.92 bits per heavy atom.